The lowest BCUT2D eigenvalue weighted by Gasteiger charge is -2.34. The first-order chi connectivity index (χ1) is 13.0. The van der Waals surface area contributed by atoms with Gasteiger partial charge in [-0.05, 0) is 60.2 Å². The lowest BCUT2D eigenvalue weighted by molar-refractivity contribution is 0.379. The average Bonchev–Trinajstić information content (AvgIpc) is 3.09. The lowest BCUT2D eigenvalue weighted by Crippen LogP contribution is -2.35. The molecule has 0 bridgehead atoms. The monoisotopic (exact) mass is 370 g/mol. The Morgan fingerprint density at radius 3 is 2.56 bits per heavy atom. The van der Waals surface area contributed by atoms with Crippen LogP contribution in [-0.4, -0.2) is 58.1 Å². The maximum Gasteiger partial charge on any atom is 0.135 e. The van der Waals surface area contributed by atoms with E-state index in [1.54, 1.807) is 0 Å². The fraction of sp³-hybridized carbons (Fsp3) is 0.667. The Hall–Kier alpha value is -1.95. The summed E-state index contributed by atoms with van der Waals surface area (Å²) in [5, 5.41) is 0. The third-order valence-corrected chi connectivity index (χ3v) is 5.57. The van der Waals surface area contributed by atoms with Crippen molar-refractivity contribution in [3.8, 4) is 0 Å². The number of aromatic nitrogens is 4. The second-order valence-corrected chi connectivity index (χ2v) is 7.91. The van der Waals surface area contributed by atoms with Gasteiger partial charge in [-0.25, -0.2) is 15.0 Å². The van der Waals surface area contributed by atoms with E-state index in [0.29, 0.717) is 5.92 Å². The van der Waals surface area contributed by atoms with Crippen molar-refractivity contribution in [3.63, 3.8) is 0 Å². The first-order valence-electron chi connectivity index (χ1n) is 10.2. The Bertz CT molecular complexity index is 743. The topological polar surface area (TPSA) is 50.1 Å². The maximum atomic E-state index is 4.78. The number of hydrogen-bond donors (Lipinski definition) is 0. The first-order valence-corrected chi connectivity index (χ1v) is 10.2. The highest BCUT2D eigenvalue weighted by atomic mass is 15.2. The van der Waals surface area contributed by atoms with Gasteiger partial charge in [0.2, 0.25) is 0 Å². The Kier molecular flexibility index (Phi) is 6.47. The van der Waals surface area contributed by atoms with E-state index in [0.717, 1.165) is 69.2 Å². The van der Waals surface area contributed by atoms with Crippen LogP contribution in [0.4, 0.5) is 5.82 Å². The summed E-state index contributed by atoms with van der Waals surface area (Å²) >= 11 is 0. The molecule has 1 fully saturated rings. The maximum absolute atomic E-state index is 4.78. The number of aryl methyl sites for hydroxylation is 3. The summed E-state index contributed by atoms with van der Waals surface area (Å²) in [4.78, 5) is 18.7. The van der Waals surface area contributed by atoms with Crippen LogP contribution in [0.1, 0.15) is 55.0 Å². The van der Waals surface area contributed by atoms with Crippen molar-refractivity contribution in [2.45, 2.75) is 58.9 Å². The van der Waals surface area contributed by atoms with Gasteiger partial charge in [-0.15, -0.1) is 0 Å². The lowest BCUT2D eigenvalue weighted by atomic mass is 9.95. The van der Waals surface area contributed by atoms with Crippen LogP contribution in [0.15, 0.2) is 12.4 Å². The number of anilines is 1. The van der Waals surface area contributed by atoms with Gasteiger partial charge in [-0.3, -0.25) is 0 Å². The third-order valence-electron chi connectivity index (χ3n) is 5.57. The Morgan fingerprint density at radius 1 is 1.15 bits per heavy atom. The Balaban J connectivity index is 1.66. The van der Waals surface area contributed by atoms with Gasteiger partial charge in [0.25, 0.3) is 0 Å². The van der Waals surface area contributed by atoms with Gasteiger partial charge in [-0.1, -0.05) is 6.92 Å². The second kappa shape index (κ2) is 8.83. The van der Waals surface area contributed by atoms with Gasteiger partial charge in [0.1, 0.15) is 17.5 Å². The summed E-state index contributed by atoms with van der Waals surface area (Å²) in [6, 6.07) is 0. The molecule has 27 heavy (non-hydrogen) atoms. The molecule has 0 unspecified atom stereocenters. The number of nitrogens with zero attached hydrogens (tertiary/aromatic N) is 6. The van der Waals surface area contributed by atoms with Crippen LogP contribution in [0, 0.1) is 13.8 Å². The zero-order chi connectivity index (χ0) is 19.4. The van der Waals surface area contributed by atoms with Crippen LogP contribution in [-0.2, 0) is 13.0 Å². The molecule has 3 rings (SSSR count). The van der Waals surface area contributed by atoms with E-state index < -0.39 is 0 Å². The molecular weight excluding hydrogens is 336 g/mol. The zero-order valence-electron chi connectivity index (χ0n) is 17.6. The predicted octanol–water partition coefficient (Wildman–Crippen LogP) is 3.19. The van der Waals surface area contributed by atoms with Crippen molar-refractivity contribution in [3.05, 3.63) is 35.3 Å². The van der Waals surface area contributed by atoms with Crippen LogP contribution in [0.25, 0.3) is 0 Å². The van der Waals surface area contributed by atoms with E-state index in [2.05, 4.69) is 53.5 Å². The van der Waals surface area contributed by atoms with Crippen molar-refractivity contribution < 1.29 is 0 Å². The highest BCUT2D eigenvalue weighted by Gasteiger charge is 2.26. The third kappa shape index (κ3) is 4.67. The van der Waals surface area contributed by atoms with Gasteiger partial charge >= 0.3 is 0 Å². The summed E-state index contributed by atoms with van der Waals surface area (Å²) in [5.74, 6) is 3.83. The summed E-state index contributed by atoms with van der Waals surface area (Å²) in [6.45, 7) is 10.5. The Morgan fingerprint density at radius 2 is 1.89 bits per heavy atom. The molecule has 1 saturated heterocycles. The van der Waals surface area contributed by atoms with Crippen molar-refractivity contribution in [2.75, 3.05) is 38.6 Å². The predicted molar refractivity (Wildman–Crippen MR) is 110 cm³/mol. The van der Waals surface area contributed by atoms with E-state index in [4.69, 9.17) is 9.97 Å². The van der Waals surface area contributed by atoms with Gasteiger partial charge in [0.15, 0.2) is 0 Å². The molecule has 2 aromatic rings. The average molecular weight is 371 g/mol. The molecular formula is C21H34N6. The molecule has 1 aliphatic heterocycles. The number of rotatable bonds is 7. The fourth-order valence-electron chi connectivity index (χ4n) is 4.17. The largest absolute Gasteiger partial charge is 0.356 e. The number of piperidine rings is 1. The molecule has 148 valence electrons. The summed E-state index contributed by atoms with van der Waals surface area (Å²) < 4.78 is 2.36. The summed E-state index contributed by atoms with van der Waals surface area (Å²) in [5.41, 5.74) is 2.42. The summed E-state index contributed by atoms with van der Waals surface area (Å²) in [7, 11) is 4.26. The van der Waals surface area contributed by atoms with Crippen LogP contribution >= 0.6 is 0 Å². The molecule has 2 aromatic heterocycles. The highest BCUT2D eigenvalue weighted by molar-refractivity contribution is 5.49. The number of imidazole rings is 1. The minimum absolute atomic E-state index is 0.546. The smallest absolute Gasteiger partial charge is 0.135 e. The van der Waals surface area contributed by atoms with Crippen LogP contribution < -0.4 is 4.90 Å². The molecule has 0 saturated carbocycles. The molecule has 0 amide bonds. The molecule has 6 heteroatoms. The molecule has 3 heterocycles. The van der Waals surface area contributed by atoms with Gasteiger partial charge in [-0.2, -0.15) is 0 Å². The van der Waals surface area contributed by atoms with E-state index in [-0.39, 0.29) is 0 Å². The van der Waals surface area contributed by atoms with Crippen LogP contribution in [0.3, 0.4) is 0 Å². The van der Waals surface area contributed by atoms with Crippen molar-refractivity contribution >= 4 is 5.82 Å². The van der Waals surface area contributed by atoms with Gasteiger partial charge < -0.3 is 14.4 Å². The summed E-state index contributed by atoms with van der Waals surface area (Å²) in [6.07, 6.45) is 8.52. The molecule has 1 aliphatic rings. The highest BCUT2D eigenvalue weighted by Crippen LogP contribution is 2.31. The van der Waals surface area contributed by atoms with E-state index in [1.165, 1.54) is 11.4 Å². The van der Waals surface area contributed by atoms with Crippen molar-refractivity contribution in [1.82, 2.24) is 24.4 Å². The molecule has 0 aliphatic carbocycles. The fourth-order valence-corrected chi connectivity index (χ4v) is 4.17. The molecule has 6 nitrogen and oxygen atoms in total. The molecule has 0 N–H and O–H groups in total. The first kappa shape index (κ1) is 19.8. The van der Waals surface area contributed by atoms with E-state index in [9.17, 15) is 0 Å². The van der Waals surface area contributed by atoms with Gasteiger partial charge in [0.05, 0.1) is 0 Å². The van der Waals surface area contributed by atoms with Gasteiger partial charge in [0, 0.05) is 49.2 Å². The molecule has 0 spiro atoms. The normalized spacial score (nSPS) is 15.7. The van der Waals surface area contributed by atoms with Crippen molar-refractivity contribution in [2.24, 2.45) is 0 Å². The molecule has 0 atom stereocenters. The molecule has 0 radical (unpaired) electrons. The van der Waals surface area contributed by atoms with E-state index >= 15 is 0 Å². The Labute approximate surface area is 163 Å². The minimum atomic E-state index is 0.546. The SMILES string of the molecule is CCc1c(C)nc(C)nc1N1CCC(c2nccn2CCCN(C)C)CC1. The van der Waals surface area contributed by atoms with Crippen LogP contribution in [0.2, 0.25) is 0 Å². The quantitative estimate of drug-likeness (QED) is 0.749. The molecule has 0 aromatic carbocycles. The van der Waals surface area contributed by atoms with E-state index in [1.807, 2.05) is 13.1 Å². The second-order valence-electron chi connectivity index (χ2n) is 7.91. The standard InChI is InChI=1S/C21H34N6/c1-6-19-16(2)23-17(3)24-21(19)27-13-8-18(9-14-27)20-22-10-15-26(20)12-7-11-25(4)5/h10,15,18H,6-9,11-14H2,1-5H3. The van der Waals surface area contributed by atoms with Crippen molar-refractivity contribution in [1.29, 1.82) is 0 Å². The zero-order valence-corrected chi connectivity index (χ0v) is 17.6. The minimum Gasteiger partial charge on any atom is -0.356 e. The van der Waals surface area contributed by atoms with Crippen LogP contribution in [0.5, 0.6) is 0 Å². The number of hydrogen-bond acceptors (Lipinski definition) is 5.